The summed E-state index contributed by atoms with van der Waals surface area (Å²) in [6.45, 7) is 2.08. The second kappa shape index (κ2) is 5.06. The molecule has 0 fully saturated rings. The number of para-hydroxylation sites is 1. The van der Waals surface area contributed by atoms with Crippen LogP contribution in [0.1, 0.15) is 11.1 Å². The summed E-state index contributed by atoms with van der Waals surface area (Å²) in [6.07, 6.45) is 1.15. The molecule has 1 heterocycles. The highest BCUT2D eigenvalue weighted by atomic mass is 15.2. The van der Waals surface area contributed by atoms with Crippen LogP contribution >= 0.6 is 0 Å². The molecule has 0 unspecified atom stereocenters. The topological polar surface area (TPSA) is 6.48 Å². The molecular weight excluding hydrogens is 232 g/mol. The molecule has 1 aliphatic rings. The minimum absolute atomic E-state index is 0.989. The van der Waals surface area contributed by atoms with Crippen LogP contribution in [0, 0.1) is 0 Å². The fourth-order valence-corrected chi connectivity index (χ4v) is 2.79. The van der Waals surface area contributed by atoms with E-state index in [0.29, 0.717) is 0 Å². The van der Waals surface area contributed by atoms with E-state index in [2.05, 4.69) is 72.4 Å². The average Bonchev–Trinajstić information content (AvgIpc) is 2.82. The van der Waals surface area contributed by atoms with Crippen molar-refractivity contribution in [2.45, 2.75) is 13.0 Å². The number of hydrogen-bond acceptors (Lipinski definition) is 2. The van der Waals surface area contributed by atoms with Crippen molar-refractivity contribution < 1.29 is 0 Å². The lowest BCUT2D eigenvalue weighted by molar-refractivity contribution is 0.402. The Morgan fingerprint density at radius 1 is 1.05 bits per heavy atom. The standard InChI is InChI=1S/C17H20N2/c1-18(2)13-14-6-5-8-16(12-14)19-11-10-15-7-3-4-9-17(15)19/h3-9,12H,10-11,13H2,1-2H3. The van der Waals surface area contributed by atoms with E-state index >= 15 is 0 Å². The van der Waals surface area contributed by atoms with Crippen molar-refractivity contribution in [1.82, 2.24) is 4.90 Å². The lowest BCUT2D eigenvalue weighted by Crippen LogP contribution is -2.15. The van der Waals surface area contributed by atoms with Crippen molar-refractivity contribution in [1.29, 1.82) is 0 Å². The summed E-state index contributed by atoms with van der Waals surface area (Å²) in [5.74, 6) is 0. The van der Waals surface area contributed by atoms with Crippen LogP contribution in [0.4, 0.5) is 11.4 Å². The smallest absolute Gasteiger partial charge is 0.0444 e. The molecule has 0 amide bonds. The van der Waals surface area contributed by atoms with Gasteiger partial charge in [0.15, 0.2) is 0 Å². The molecule has 0 atom stereocenters. The quantitative estimate of drug-likeness (QED) is 0.825. The van der Waals surface area contributed by atoms with Crippen molar-refractivity contribution in [3.8, 4) is 0 Å². The van der Waals surface area contributed by atoms with Crippen molar-refractivity contribution in [2.75, 3.05) is 25.5 Å². The summed E-state index contributed by atoms with van der Waals surface area (Å²) >= 11 is 0. The second-order valence-corrected chi connectivity index (χ2v) is 5.44. The van der Waals surface area contributed by atoms with E-state index in [9.17, 15) is 0 Å². The third kappa shape index (κ3) is 2.49. The van der Waals surface area contributed by atoms with Gasteiger partial charge in [0.2, 0.25) is 0 Å². The molecule has 0 saturated carbocycles. The first kappa shape index (κ1) is 12.2. The van der Waals surface area contributed by atoms with Crippen LogP contribution in [0.25, 0.3) is 0 Å². The Labute approximate surface area is 115 Å². The van der Waals surface area contributed by atoms with E-state index in [4.69, 9.17) is 0 Å². The van der Waals surface area contributed by atoms with Crippen molar-refractivity contribution >= 4 is 11.4 Å². The zero-order valence-corrected chi connectivity index (χ0v) is 11.6. The first-order valence-electron chi connectivity index (χ1n) is 6.83. The van der Waals surface area contributed by atoms with Crippen molar-refractivity contribution in [2.24, 2.45) is 0 Å². The van der Waals surface area contributed by atoms with E-state index in [1.807, 2.05) is 0 Å². The zero-order valence-electron chi connectivity index (χ0n) is 11.6. The van der Waals surface area contributed by atoms with Gasteiger partial charge in [0.05, 0.1) is 0 Å². The number of nitrogens with zero attached hydrogens (tertiary/aromatic N) is 2. The molecule has 2 aromatic carbocycles. The molecule has 2 heteroatoms. The minimum atomic E-state index is 0.989. The van der Waals surface area contributed by atoms with E-state index in [0.717, 1.165) is 19.5 Å². The highest BCUT2D eigenvalue weighted by molar-refractivity contribution is 5.70. The van der Waals surface area contributed by atoms with Gasteiger partial charge in [0.1, 0.15) is 0 Å². The minimum Gasteiger partial charge on any atom is -0.341 e. The summed E-state index contributed by atoms with van der Waals surface area (Å²) in [6, 6.07) is 17.6. The molecular formula is C17H20N2. The van der Waals surface area contributed by atoms with Gasteiger partial charge in [-0.15, -0.1) is 0 Å². The maximum absolute atomic E-state index is 2.43. The maximum Gasteiger partial charge on any atom is 0.0444 e. The van der Waals surface area contributed by atoms with Gasteiger partial charge in [-0.05, 0) is 49.8 Å². The molecule has 0 aliphatic carbocycles. The Balaban J connectivity index is 1.91. The van der Waals surface area contributed by atoms with E-state index in [-0.39, 0.29) is 0 Å². The third-order valence-corrected chi connectivity index (χ3v) is 3.61. The molecule has 0 radical (unpaired) electrons. The summed E-state index contributed by atoms with van der Waals surface area (Å²) in [7, 11) is 4.22. The van der Waals surface area contributed by atoms with Gasteiger partial charge in [0, 0.05) is 24.5 Å². The SMILES string of the molecule is CN(C)Cc1cccc(N2CCc3ccccc32)c1. The normalized spacial score (nSPS) is 13.9. The zero-order chi connectivity index (χ0) is 13.2. The molecule has 0 N–H and O–H groups in total. The van der Waals surface area contributed by atoms with Crippen LogP contribution in [0.5, 0.6) is 0 Å². The largest absolute Gasteiger partial charge is 0.341 e. The molecule has 19 heavy (non-hydrogen) atoms. The van der Waals surface area contributed by atoms with Crippen LogP contribution in [0.3, 0.4) is 0 Å². The lowest BCUT2D eigenvalue weighted by Gasteiger charge is -2.21. The number of benzene rings is 2. The van der Waals surface area contributed by atoms with Crippen LogP contribution in [0.2, 0.25) is 0 Å². The first-order valence-corrected chi connectivity index (χ1v) is 6.83. The average molecular weight is 252 g/mol. The highest BCUT2D eigenvalue weighted by Gasteiger charge is 2.19. The van der Waals surface area contributed by atoms with Crippen molar-refractivity contribution in [3.63, 3.8) is 0 Å². The Kier molecular flexibility index (Phi) is 3.26. The highest BCUT2D eigenvalue weighted by Crippen LogP contribution is 2.34. The molecule has 2 nitrogen and oxygen atoms in total. The summed E-state index contributed by atoms with van der Waals surface area (Å²) < 4.78 is 0. The molecule has 3 rings (SSSR count). The van der Waals surface area contributed by atoms with Crippen LogP contribution in [-0.2, 0) is 13.0 Å². The molecule has 0 bridgehead atoms. The van der Waals surface area contributed by atoms with Gasteiger partial charge in [-0.25, -0.2) is 0 Å². The van der Waals surface area contributed by atoms with E-state index < -0.39 is 0 Å². The molecule has 0 aromatic heterocycles. The predicted octanol–water partition coefficient (Wildman–Crippen LogP) is 3.44. The predicted molar refractivity (Wildman–Crippen MR) is 81.0 cm³/mol. The summed E-state index contributed by atoms with van der Waals surface area (Å²) in [5.41, 5.74) is 5.50. The maximum atomic E-state index is 2.43. The number of hydrogen-bond donors (Lipinski definition) is 0. The molecule has 2 aromatic rings. The van der Waals surface area contributed by atoms with Crippen LogP contribution in [0.15, 0.2) is 48.5 Å². The van der Waals surface area contributed by atoms with Gasteiger partial charge in [-0.2, -0.15) is 0 Å². The monoisotopic (exact) mass is 252 g/mol. The number of anilines is 2. The molecule has 1 aliphatic heterocycles. The van der Waals surface area contributed by atoms with E-state index in [1.165, 1.54) is 22.5 Å². The molecule has 0 spiro atoms. The van der Waals surface area contributed by atoms with Crippen LogP contribution < -0.4 is 4.90 Å². The van der Waals surface area contributed by atoms with Gasteiger partial charge in [0.25, 0.3) is 0 Å². The van der Waals surface area contributed by atoms with Gasteiger partial charge >= 0.3 is 0 Å². The summed E-state index contributed by atoms with van der Waals surface area (Å²) in [5, 5.41) is 0. The van der Waals surface area contributed by atoms with Gasteiger partial charge in [-0.1, -0.05) is 30.3 Å². The molecule has 0 saturated heterocycles. The van der Waals surface area contributed by atoms with Crippen molar-refractivity contribution in [3.05, 3.63) is 59.7 Å². The number of fused-ring (bicyclic) bond motifs is 1. The second-order valence-electron chi connectivity index (χ2n) is 5.44. The Bertz CT molecular complexity index is 575. The fourth-order valence-electron chi connectivity index (χ4n) is 2.79. The lowest BCUT2D eigenvalue weighted by atomic mass is 10.1. The van der Waals surface area contributed by atoms with Crippen LogP contribution in [-0.4, -0.2) is 25.5 Å². The molecule has 98 valence electrons. The van der Waals surface area contributed by atoms with Gasteiger partial charge in [-0.3, -0.25) is 0 Å². The number of rotatable bonds is 3. The Hall–Kier alpha value is -1.80. The van der Waals surface area contributed by atoms with Gasteiger partial charge < -0.3 is 9.80 Å². The van der Waals surface area contributed by atoms with E-state index in [1.54, 1.807) is 0 Å². The Morgan fingerprint density at radius 3 is 2.74 bits per heavy atom. The fraction of sp³-hybridized carbons (Fsp3) is 0.294. The summed E-state index contributed by atoms with van der Waals surface area (Å²) in [4.78, 5) is 4.63. The third-order valence-electron chi connectivity index (χ3n) is 3.61. The Morgan fingerprint density at radius 2 is 1.89 bits per heavy atom. The first-order chi connectivity index (χ1) is 9.24.